The van der Waals surface area contributed by atoms with Crippen LogP contribution in [0.3, 0.4) is 0 Å². The Balaban J connectivity index is 1.55. The SMILES string of the molecule is N#C/C(=C/c1ccc(Sc2nc3ccccc3[nH]2)o1)c1ccc(C(=O)O)cc1. The number of carbonyl (C=O) groups is 1. The highest BCUT2D eigenvalue weighted by Gasteiger charge is 2.09. The number of aromatic amines is 1. The van der Waals surface area contributed by atoms with E-state index in [1.165, 1.54) is 23.9 Å². The van der Waals surface area contributed by atoms with Gasteiger partial charge in [0.15, 0.2) is 10.2 Å². The number of carboxylic acid groups (broad SMARTS) is 1. The summed E-state index contributed by atoms with van der Waals surface area (Å²) >= 11 is 1.36. The summed E-state index contributed by atoms with van der Waals surface area (Å²) in [5.74, 6) is -0.482. The molecule has 4 aromatic rings. The lowest BCUT2D eigenvalue weighted by atomic mass is 10.0. The number of nitrogens with one attached hydrogen (secondary N) is 1. The molecule has 4 rings (SSSR count). The topological polar surface area (TPSA) is 103 Å². The minimum absolute atomic E-state index is 0.170. The number of imidazole rings is 1. The number of fused-ring (bicyclic) bond motifs is 1. The van der Waals surface area contributed by atoms with Gasteiger partial charge in [0, 0.05) is 0 Å². The molecule has 0 amide bonds. The van der Waals surface area contributed by atoms with Gasteiger partial charge in [-0.15, -0.1) is 0 Å². The first-order valence-electron chi connectivity index (χ1n) is 8.30. The molecule has 2 aromatic heterocycles. The molecule has 136 valence electrons. The van der Waals surface area contributed by atoms with E-state index in [0.29, 0.717) is 22.0 Å². The Labute approximate surface area is 164 Å². The van der Waals surface area contributed by atoms with Crippen molar-refractivity contribution in [3.8, 4) is 6.07 Å². The van der Waals surface area contributed by atoms with Crippen LogP contribution < -0.4 is 0 Å². The van der Waals surface area contributed by atoms with Crippen LogP contribution in [0.1, 0.15) is 21.7 Å². The summed E-state index contributed by atoms with van der Waals surface area (Å²) in [5.41, 5.74) is 3.01. The van der Waals surface area contributed by atoms with Gasteiger partial charge >= 0.3 is 5.97 Å². The molecule has 0 spiro atoms. The van der Waals surface area contributed by atoms with Crippen LogP contribution in [0, 0.1) is 11.3 Å². The Morgan fingerprint density at radius 2 is 1.86 bits per heavy atom. The second-order valence-corrected chi connectivity index (χ2v) is 6.86. The quantitative estimate of drug-likeness (QED) is 0.464. The van der Waals surface area contributed by atoms with Crippen molar-refractivity contribution in [3.05, 3.63) is 77.6 Å². The molecule has 0 radical (unpaired) electrons. The number of hydrogen-bond acceptors (Lipinski definition) is 5. The molecule has 0 saturated carbocycles. The van der Waals surface area contributed by atoms with Crippen molar-refractivity contribution in [3.63, 3.8) is 0 Å². The molecule has 2 heterocycles. The van der Waals surface area contributed by atoms with Crippen molar-refractivity contribution >= 4 is 40.4 Å². The fourth-order valence-electron chi connectivity index (χ4n) is 2.65. The molecule has 7 heteroatoms. The third kappa shape index (κ3) is 3.68. The number of rotatable bonds is 5. The number of H-pyrrole nitrogens is 1. The first-order chi connectivity index (χ1) is 13.6. The second kappa shape index (κ2) is 7.47. The highest BCUT2D eigenvalue weighted by Crippen LogP contribution is 2.30. The van der Waals surface area contributed by atoms with E-state index < -0.39 is 5.97 Å². The number of benzene rings is 2. The van der Waals surface area contributed by atoms with E-state index in [1.807, 2.05) is 30.3 Å². The van der Waals surface area contributed by atoms with E-state index in [-0.39, 0.29) is 5.56 Å². The van der Waals surface area contributed by atoms with E-state index in [9.17, 15) is 10.1 Å². The first-order valence-corrected chi connectivity index (χ1v) is 9.12. The summed E-state index contributed by atoms with van der Waals surface area (Å²) in [4.78, 5) is 18.7. The van der Waals surface area contributed by atoms with E-state index in [4.69, 9.17) is 9.52 Å². The molecule has 0 aliphatic rings. The number of carboxylic acids is 1. The lowest BCUT2D eigenvalue weighted by Gasteiger charge is -2.00. The molecule has 0 fully saturated rings. The number of hydrogen-bond donors (Lipinski definition) is 2. The highest BCUT2D eigenvalue weighted by atomic mass is 32.2. The number of nitriles is 1. The Morgan fingerprint density at radius 1 is 1.11 bits per heavy atom. The van der Waals surface area contributed by atoms with Gasteiger partial charge in [0.05, 0.1) is 28.2 Å². The van der Waals surface area contributed by atoms with Crippen LogP contribution in [-0.2, 0) is 0 Å². The monoisotopic (exact) mass is 387 g/mol. The molecule has 6 nitrogen and oxygen atoms in total. The molecular formula is C21H13N3O3S. The van der Waals surface area contributed by atoms with Crippen LogP contribution in [-0.4, -0.2) is 21.0 Å². The van der Waals surface area contributed by atoms with Gasteiger partial charge in [0.2, 0.25) is 0 Å². The number of aromatic nitrogens is 2. The number of furan rings is 1. The average Bonchev–Trinajstić information content (AvgIpc) is 3.32. The number of allylic oxidation sites excluding steroid dienone is 1. The molecular weight excluding hydrogens is 374 g/mol. The average molecular weight is 387 g/mol. The van der Waals surface area contributed by atoms with Gasteiger partial charge in [-0.25, -0.2) is 9.78 Å². The Hall–Kier alpha value is -3.76. The van der Waals surface area contributed by atoms with Crippen molar-refractivity contribution < 1.29 is 14.3 Å². The van der Waals surface area contributed by atoms with Gasteiger partial charge in [-0.1, -0.05) is 24.3 Å². The van der Waals surface area contributed by atoms with Gasteiger partial charge in [0.1, 0.15) is 5.76 Å². The Bertz CT molecular complexity index is 1200. The van der Waals surface area contributed by atoms with Gasteiger partial charge in [0.25, 0.3) is 0 Å². The largest absolute Gasteiger partial charge is 0.478 e. The summed E-state index contributed by atoms with van der Waals surface area (Å²) in [6, 6.07) is 19.6. The normalized spacial score (nSPS) is 11.5. The van der Waals surface area contributed by atoms with Crippen LogP contribution in [0.15, 0.2) is 75.3 Å². The van der Waals surface area contributed by atoms with Crippen LogP contribution >= 0.6 is 11.8 Å². The van der Waals surface area contributed by atoms with E-state index >= 15 is 0 Å². The summed E-state index contributed by atoms with van der Waals surface area (Å²) < 4.78 is 5.78. The minimum Gasteiger partial charge on any atom is -0.478 e. The van der Waals surface area contributed by atoms with Crippen molar-refractivity contribution in [2.24, 2.45) is 0 Å². The summed E-state index contributed by atoms with van der Waals surface area (Å²) in [6.07, 6.45) is 1.62. The number of nitrogens with zero attached hydrogens (tertiary/aromatic N) is 2. The Morgan fingerprint density at radius 3 is 2.57 bits per heavy atom. The maximum atomic E-state index is 10.9. The second-order valence-electron chi connectivity index (χ2n) is 5.87. The third-order valence-electron chi connectivity index (χ3n) is 4.02. The van der Waals surface area contributed by atoms with Crippen LogP contribution in [0.25, 0.3) is 22.7 Å². The number of aromatic carboxylic acids is 1. The minimum atomic E-state index is -1.01. The zero-order valence-corrected chi connectivity index (χ0v) is 15.2. The highest BCUT2D eigenvalue weighted by molar-refractivity contribution is 7.99. The first kappa shape index (κ1) is 17.6. The van der Waals surface area contributed by atoms with Crippen LogP contribution in [0.2, 0.25) is 0 Å². The lowest BCUT2D eigenvalue weighted by molar-refractivity contribution is 0.0697. The zero-order chi connectivity index (χ0) is 19.5. The predicted molar refractivity (Wildman–Crippen MR) is 106 cm³/mol. The van der Waals surface area contributed by atoms with Crippen molar-refractivity contribution in [2.75, 3.05) is 0 Å². The third-order valence-corrected chi connectivity index (χ3v) is 4.82. The van der Waals surface area contributed by atoms with E-state index in [2.05, 4.69) is 16.0 Å². The fraction of sp³-hybridized carbons (Fsp3) is 0. The van der Waals surface area contributed by atoms with Crippen molar-refractivity contribution in [1.82, 2.24) is 9.97 Å². The molecule has 0 saturated heterocycles. The summed E-state index contributed by atoms with van der Waals surface area (Å²) in [6.45, 7) is 0. The molecule has 0 unspecified atom stereocenters. The smallest absolute Gasteiger partial charge is 0.335 e. The van der Waals surface area contributed by atoms with Gasteiger partial charge in [-0.2, -0.15) is 5.26 Å². The molecule has 2 aromatic carbocycles. The maximum Gasteiger partial charge on any atom is 0.335 e. The molecule has 2 N–H and O–H groups in total. The molecule has 28 heavy (non-hydrogen) atoms. The summed E-state index contributed by atoms with van der Waals surface area (Å²) in [5, 5.41) is 19.8. The molecule has 0 bridgehead atoms. The molecule has 0 aliphatic heterocycles. The fourth-order valence-corrected chi connectivity index (χ4v) is 3.42. The van der Waals surface area contributed by atoms with Crippen molar-refractivity contribution in [2.45, 2.75) is 10.2 Å². The maximum absolute atomic E-state index is 10.9. The van der Waals surface area contributed by atoms with Crippen LogP contribution in [0.4, 0.5) is 0 Å². The van der Waals surface area contributed by atoms with E-state index in [0.717, 1.165) is 16.2 Å². The zero-order valence-electron chi connectivity index (χ0n) is 14.4. The molecule has 0 atom stereocenters. The van der Waals surface area contributed by atoms with Gasteiger partial charge in [-0.3, -0.25) is 0 Å². The standard InChI is InChI=1S/C21H13N3O3S/c22-12-15(13-5-7-14(8-6-13)20(25)26)11-16-9-10-19(27-16)28-21-23-17-3-1-2-4-18(17)24-21/h1-11H,(H,23,24)(H,25,26)/b15-11-. The molecule has 0 aliphatic carbocycles. The van der Waals surface area contributed by atoms with Crippen molar-refractivity contribution in [1.29, 1.82) is 5.26 Å². The van der Waals surface area contributed by atoms with Gasteiger partial charge in [-0.05, 0) is 59.8 Å². The number of para-hydroxylation sites is 2. The summed E-state index contributed by atoms with van der Waals surface area (Å²) in [7, 11) is 0. The predicted octanol–water partition coefficient (Wildman–Crippen LogP) is 5.07. The lowest BCUT2D eigenvalue weighted by Crippen LogP contribution is -1.95. The van der Waals surface area contributed by atoms with Crippen LogP contribution in [0.5, 0.6) is 0 Å². The van der Waals surface area contributed by atoms with Gasteiger partial charge < -0.3 is 14.5 Å². The Kier molecular flexibility index (Phi) is 4.70. The van der Waals surface area contributed by atoms with E-state index in [1.54, 1.807) is 24.3 Å².